The summed E-state index contributed by atoms with van der Waals surface area (Å²) in [5.74, 6) is -0.340. The molecule has 2 aliphatic heterocycles. The van der Waals surface area contributed by atoms with E-state index >= 15 is 0 Å². The minimum absolute atomic E-state index is 0.156. The molecule has 2 aromatic carbocycles. The van der Waals surface area contributed by atoms with E-state index in [-0.39, 0.29) is 11.8 Å². The fraction of sp³-hybridized carbons (Fsp3) is 0.346. The number of amides is 2. The Morgan fingerprint density at radius 2 is 1.58 bits per heavy atom. The molecule has 2 aliphatic rings. The monoisotopic (exact) mass is 498 g/mol. The summed E-state index contributed by atoms with van der Waals surface area (Å²) < 4.78 is 0.533. The molecule has 172 valence electrons. The van der Waals surface area contributed by atoms with Crippen molar-refractivity contribution >= 4 is 63.0 Å². The highest BCUT2D eigenvalue weighted by Gasteiger charge is 2.41. The zero-order chi connectivity index (χ0) is 23.4. The van der Waals surface area contributed by atoms with Crippen molar-refractivity contribution in [2.45, 2.75) is 52.0 Å². The van der Waals surface area contributed by atoms with Crippen LogP contribution in [0.3, 0.4) is 0 Å². The summed E-state index contributed by atoms with van der Waals surface area (Å²) in [6.07, 6.45) is 6.86. The lowest BCUT2D eigenvalue weighted by Crippen LogP contribution is -2.30. The molecule has 0 saturated carbocycles. The van der Waals surface area contributed by atoms with Crippen molar-refractivity contribution in [2.24, 2.45) is 0 Å². The van der Waals surface area contributed by atoms with Crippen LogP contribution in [0.25, 0.3) is 5.57 Å². The molecule has 4 nitrogen and oxygen atoms in total. The van der Waals surface area contributed by atoms with Gasteiger partial charge in [0.15, 0.2) is 0 Å². The highest BCUT2D eigenvalue weighted by Crippen LogP contribution is 2.45. The third-order valence-electron chi connectivity index (χ3n) is 6.02. The Bertz CT molecular complexity index is 1110. The second kappa shape index (κ2) is 10.9. The molecule has 0 aromatic heterocycles. The number of hydrogen-bond acceptors (Lipinski definition) is 4. The van der Waals surface area contributed by atoms with Crippen molar-refractivity contribution in [3.05, 3.63) is 69.6 Å². The maximum Gasteiger partial charge on any atom is 0.267 e. The smallest absolute Gasteiger partial charge is 0.267 e. The molecular formula is C26H27ClN2O2S2. The summed E-state index contributed by atoms with van der Waals surface area (Å²) in [6, 6.07) is 15.1. The highest BCUT2D eigenvalue weighted by atomic mass is 35.5. The quantitative estimate of drug-likeness (QED) is 0.216. The maximum atomic E-state index is 13.6. The van der Waals surface area contributed by atoms with Gasteiger partial charge in [0.2, 0.25) is 0 Å². The van der Waals surface area contributed by atoms with Crippen molar-refractivity contribution < 1.29 is 9.59 Å². The van der Waals surface area contributed by atoms with E-state index in [1.165, 1.54) is 37.4 Å². The number of rotatable bonds is 9. The topological polar surface area (TPSA) is 40.6 Å². The van der Waals surface area contributed by atoms with Gasteiger partial charge < -0.3 is 4.90 Å². The van der Waals surface area contributed by atoms with Gasteiger partial charge in [0, 0.05) is 17.1 Å². The molecule has 0 radical (unpaired) electrons. The Kier molecular flexibility index (Phi) is 7.89. The number of fused-ring (bicyclic) bond motifs is 1. The Morgan fingerprint density at radius 1 is 0.879 bits per heavy atom. The Hall–Kier alpha value is -2.15. The molecule has 2 heterocycles. The van der Waals surface area contributed by atoms with E-state index in [1.54, 1.807) is 9.80 Å². The normalized spacial score (nSPS) is 17.9. The van der Waals surface area contributed by atoms with E-state index < -0.39 is 0 Å². The van der Waals surface area contributed by atoms with Crippen LogP contribution >= 0.6 is 35.6 Å². The van der Waals surface area contributed by atoms with Gasteiger partial charge in [-0.25, -0.2) is 0 Å². The molecule has 1 saturated heterocycles. The van der Waals surface area contributed by atoms with Gasteiger partial charge in [-0.1, -0.05) is 111 Å². The first kappa shape index (κ1) is 24.0. The van der Waals surface area contributed by atoms with Gasteiger partial charge in [0.25, 0.3) is 11.8 Å². The maximum absolute atomic E-state index is 13.6. The number of carbonyl (C=O) groups is 2. The van der Waals surface area contributed by atoms with Gasteiger partial charge in [0.05, 0.1) is 22.7 Å². The van der Waals surface area contributed by atoms with Gasteiger partial charge in [-0.05, 0) is 24.1 Å². The molecule has 33 heavy (non-hydrogen) atoms. The summed E-state index contributed by atoms with van der Waals surface area (Å²) in [4.78, 5) is 30.7. The minimum Gasteiger partial charge on any atom is -0.303 e. The van der Waals surface area contributed by atoms with Crippen LogP contribution < -0.4 is 4.90 Å². The number of nitrogens with zero attached hydrogens (tertiary/aromatic N) is 2. The molecule has 4 rings (SSSR count). The average molecular weight is 499 g/mol. The molecule has 7 heteroatoms. The molecule has 2 amide bonds. The van der Waals surface area contributed by atoms with Crippen LogP contribution in [-0.2, 0) is 16.1 Å². The van der Waals surface area contributed by atoms with Gasteiger partial charge in [0.1, 0.15) is 4.32 Å². The summed E-state index contributed by atoms with van der Waals surface area (Å²) >= 11 is 13.1. The Balaban J connectivity index is 1.57. The predicted molar refractivity (Wildman–Crippen MR) is 141 cm³/mol. The third-order valence-corrected chi connectivity index (χ3v) is 7.84. The zero-order valence-electron chi connectivity index (χ0n) is 18.7. The standard InChI is InChI=1S/C26H27ClN2O2S2/c1-2-3-4-5-6-11-16-28-25(31)23(33-26(28)32)22-19-13-8-10-15-21(19)29(24(22)30)17-18-12-7-9-14-20(18)27/h7-10,12-15H,2-6,11,16-17H2,1H3. The number of unbranched alkanes of at least 4 members (excludes halogenated alkanes) is 5. The van der Waals surface area contributed by atoms with E-state index in [0.717, 1.165) is 29.7 Å². The van der Waals surface area contributed by atoms with Crippen LogP contribution in [0.4, 0.5) is 5.69 Å². The highest BCUT2D eigenvalue weighted by molar-refractivity contribution is 8.26. The van der Waals surface area contributed by atoms with Crippen molar-refractivity contribution in [3.8, 4) is 0 Å². The van der Waals surface area contributed by atoms with E-state index in [9.17, 15) is 9.59 Å². The van der Waals surface area contributed by atoms with E-state index in [0.29, 0.717) is 32.9 Å². The Labute approximate surface area is 210 Å². The van der Waals surface area contributed by atoms with Crippen LogP contribution in [-0.4, -0.2) is 27.6 Å². The lowest BCUT2D eigenvalue weighted by atomic mass is 10.1. The number of para-hydroxylation sites is 1. The third kappa shape index (κ3) is 5.03. The Morgan fingerprint density at radius 3 is 2.36 bits per heavy atom. The van der Waals surface area contributed by atoms with Crippen LogP contribution in [0, 0.1) is 0 Å². The predicted octanol–water partition coefficient (Wildman–Crippen LogP) is 6.82. The van der Waals surface area contributed by atoms with Gasteiger partial charge in [-0.2, -0.15) is 0 Å². The zero-order valence-corrected chi connectivity index (χ0v) is 21.1. The number of carbonyl (C=O) groups excluding carboxylic acids is 2. The number of thiocarbonyl (C=S) groups is 1. The number of halogens is 1. The summed E-state index contributed by atoms with van der Waals surface area (Å²) in [7, 11) is 0. The number of benzene rings is 2. The number of anilines is 1. The fourth-order valence-corrected chi connectivity index (χ4v) is 5.82. The van der Waals surface area contributed by atoms with E-state index in [2.05, 4.69) is 6.92 Å². The molecule has 0 spiro atoms. The second-order valence-corrected chi connectivity index (χ2v) is 10.3. The first-order chi connectivity index (χ1) is 16.0. The van der Waals surface area contributed by atoms with Crippen molar-refractivity contribution in [1.82, 2.24) is 4.90 Å². The fourth-order valence-electron chi connectivity index (χ4n) is 4.25. The molecule has 0 unspecified atom stereocenters. The van der Waals surface area contributed by atoms with Crippen LogP contribution in [0.15, 0.2) is 53.4 Å². The minimum atomic E-state index is -0.184. The van der Waals surface area contributed by atoms with Gasteiger partial charge in [-0.15, -0.1) is 0 Å². The van der Waals surface area contributed by atoms with Gasteiger partial charge >= 0.3 is 0 Å². The lowest BCUT2D eigenvalue weighted by molar-refractivity contribution is -0.122. The lowest BCUT2D eigenvalue weighted by Gasteiger charge is -2.18. The molecule has 0 atom stereocenters. The van der Waals surface area contributed by atoms with Crippen molar-refractivity contribution in [1.29, 1.82) is 0 Å². The summed E-state index contributed by atoms with van der Waals surface area (Å²) in [5, 5.41) is 0.612. The van der Waals surface area contributed by atoms with Crippen molar-refractivity contribution in [2.75, 3.05) is 11.4 Å². The van der Waals surface area contributed by atoms with Crippen LogP contribution in [0.2, 0.25) is 5.02 Å². The second-order valence-electron chi connectivity index (χ2n) is 8.30. The van der Waals surface area contributed by atoms with Crippen LogP contribution in [0.1, 0.15) is 56.6 Å². The molecular weight excluding hydrogens is 472 g/mol. The summed E-state index contributed by atoms with van der Waals surface area (Å²) in [6.45, 7) is 3.15. The molecule has 0 aliphatic carbocycles. The first-order valence-electron chi connectivity index (χ1n) is 11.5. The van der Waals surface area contributed by atoms with Gasteiger partial charge in [-0.3, -0.25) is 14.5 Å². The van der Waals surface area contributed by atoms with Crippen LogP contribution in [0.5, 0.6) is 0 Å². The molecule has 1 fully saturated rings. The summed E-state index contributed by atoms with van der Waals surface area (Å²) in [5.41, 5.74) is 2.87. The molecule has 0 bridgehead atoms. The number of thioether (sulfide) groups is 1. The van der Waals surface area contributed by atoms with E-state index in [4.69, 9.17) is 23.8 Å². The van der Waals surface area contributed by atoms with Crippen molar-refractivity contribution in [3.63, 3.8) is 0 Å². The SMILES string of the molecule is CCCCCCCCN1C(=O)C(=C2C(=O)N(Cc3ccccc3Cl)c3ccccc32)SC1=S. The average Bonchev–Trinajstić information content (AvgIpc) is 3.24. The largest absolute Gasteiger partial charge is 0.303 e. The first-order valence-corrected chi connectivity index (χ1v) is 13.1. The molecule has 2 aromatic rings. The van der Waals surface area contributed by atoms with E-state index in [1.807, 2.05) is 48.5 Å². The number of hydrogen-bond donors (Lipinski definition) is 0. The molecule has 0 N–H and O–H groups in total.